The van der Waals surface area contributed by atoms with Gasteiger partial charge in [0.25, 0.3) is 0 Å². The van der Waals surface area contributed by atoms with Crippen LogP contribution in [0.2, 0.25) is 5.02 Å². The molecule has 0 fully saturated rings. The van der Waals surface area contributed by atoms with Gasteiger partial charge in [-0.3, -0.25) is 9.69 Å². The Labute approximate surface area is 219 Å². The lowest BCUT2D eigenvalue weighted by atomic mass is 9.87. The number of carbonyl (C=O) groups excluding carboxylic acids is 1. The van der Waals surface area contributed by atoms with Gasteiger partial charge >= 0.3 is 0 Å². The summed E-state index contributed by atoms with van der Waals surface area (Å²) in [6, 6.07) is 19.0. The van der Waals surface area contributed by atoms with Crippen molar-refractivity contribution in [2.24, 2.45) is 0 Å². The number of hydrogen-bond acceptors (Lipinski definition) is 6. The number of methoxy groups -OCH3 is 1. The predicted octanol–water partition coefficient (Wildman–Crippen LogP) is 6.21. The van der Waals surface area contributed by atoms with Crippen LogP contribution in [-0.2, 0) is 4.79 Å². The normalized spacial score (nSPS) is 12.5. The van der Waals surface area contributed by atoms with Crippen molar-refractivity contribution < 1.29 is 14.3 Å². The highest BCUT2D eigenvalue weighted by Gasteiger charge is 2.36. The number of halogens is 2. The first kappa shape index (κ1) is 25.3. The van der Waals surface area contributed by atoms with Crippen molar-refractivity contribution in [1.29, 1.82) is 0 Å². The molecule has 0 N–H and O–H groups in total. The number of amides is 1. The van der Waals surface area contributed by atoms with Gasteiger partial charge in [-0.15, -0.1) is 12.4 Å². The maximum absolute atomic E-state index is 14.3. The van der Waals surface area contributed by atoms with E-state index >= 15 is 0 Å². The van der Waals surface area contributed by atoms with Crippen molar-refractivity contribution in [2.45, 2.75) is 5.92 Å². The van der Waals surface area contributed by atoms with Gasteiger partial charge in [0.15, 0.2) is 5.13 Å². The Kier molecular flexibility index (Phi) is 7.52. The maximum atomic E-state index is 14.3. The standard InChI is InChI=1S/C26H24ClN3O3S.ClH/c1-29(2)14-15-30(26-28-23-21(32-3)13-12-18(27)24(23)34-26)25(31)22-16-8-4-6-10-19(16)33-20-11-7-5-9-17(20)22;/h4-13,22H,14-15H2,1-3H3;1H. The van der Waals surface area contributed by atoms with Crippen LogP contribution in [0.3, 0.4) is 0 Å². The molecule has 0 atom stereocenters. The zero-order valence-corrected chi connectivity index (χ0v) is 21.9. The van der Waals surface area contributed by atoms with Crippen LogP contribution in [0.15, 0.2) is 60.7 Å². The van der Waals surface area contributed by atoms with Crippen LogP contribution < -0.4 is 14.4 Å². The highest BCUT2D eigenvalue weighted by molar-refractivity contribution is 7.23. The van der Waals surface area contributed by atoms with E-state index in [4.69, 9.17) is 26.1 Å². The Morgan fingerprint density at radius 3 is 2.26 bits per heavy atom. The van der Waals surface area contributed by atoms with Crippen molar-refractivity contribution in [3.63, 3.8) is 0 Å². The highest BCUT2D eigenvalue weighted by Crippen LogP contribution is 2.46. The summed E-state index contributed by atoms with van der Waals surface area (Å²) < 4.78 is 12.4. The molecule has 1 aliphatic rings. The first-order valence-corrected chi connectivity index (χ1v) is 12.1. The molecule has 6 nitrogen and oxygen atoms in total. The van der Waals surface area contributed by atoms with Crippen molar-refractivity contribution >= 4 is 56.6 Å². The third-order valence-corrected chi connectivity index (χ3v) is 7.40. The fraction of sp³-hybridized carbons (Fsp3) is 0.231. The summed E-state index contributed by atoms with van der Waals surface area (Å²) >= 11 is 7.88. The SMILES string of the molecule is COc1ccc(Cl)c2sc(N(CCN(C)C)C(=O)C3c4ccccc4Oc4ccccc43)nc12.Cl. The molecule has 35 heavy (non-hydrogen) atoms. The molecule has 0 saturated carbocycles. The molecule has 2 heterocycles. The number of ether oxygens (including phenoxy) is 2. The van der Waals surface area contributed by atoms with Gasteiger partial charge in [-0.1, -0.05) is 59.3 Å². The van der Waals surface area contributed by atoms with E-state index in [1.165, 1.54) is 11.3 Å². The molecule has 0 unspecified atom stereocenters. The van der Waals surface area contributed by atoms with Gasteiger partial charge in [-0.2, -0.15) is 0 Å². The average Bonchev–Trinajstić information content (AvgIpc) is 3.28. The minimum atomic E-state index is -0.507. The van der Waals surface area contributed by atoms with Crippen LogP contribution in [0.1, 0.15) is 17.0 Å². The number of nitrogens with zero attached hydrogens (tertiary/aromatic N) is 3. The number of para-hydroxylation sites is 2. The number of fused-ring (bicyclic) bond motifs is 3. The first-order chi connectivity index (χ1) is 16.5. The molecule has 1 aliphatic heterocycles. The van der Waals surface area contributed by atoms with Crippen LogP contribution in [0.4, 0.5) is 5.13 Å². The van der Waals surface area contributed by atoms with Gasteiger partial charge in [-0.05, 0) is 38.4 Å². The summed E-state index contributed by atoms with van der Waals surface area (Å²) in [6.45, 7) is 1.16. The molecule has 9 heteroatoms. The van der Waals surface area contributed by atoms with Crippen molar-refractivity contribution in [3.05, 3.63) is 76.8 Å². The van der Waals surface area contributed by atoms with Gasteiger partial charge in [0.2, 0.25) is 5.91 Å². The molecular weight excluding hydrogens is 505 g/mol. The molecule has 3 aromatic carbocycles. The molecule has 1 aromatic heterocycles. The lowest BCUT2D eigenvalue weighted by Crippen LogP contribution is -2.40. The Hall–Kier alpha value is -2.84. The van der Waals surface area contributed by atoms with Gasteiger partial charge in [0.1, 0.15) is 22.8 Å². The van der Waals surface area contributed by atoms with E-state index in [0.717, 1.165) is 15.8 Å². The largest absolute Gasteiger partial charge is 0.494 e. The number of aromatic nitrogens is 1. The third kappa shape index (κ3) is 4.69. The Morgan fingerprint density at radius 2 is 1.66 bits per heavy atom. The van der Waals surface area contributed by atoms with Crippen LogP contribution in [0.25, 0.3) is 10.2 Å². The smallest absolute Gasteiger partial charge is 0.241 e. The lowest BCUT2D eigenvalue weighted by molar-refractivity contribution is -0.119. The molecule has 5 rings (SSSR count). The number of thiazole rings is 1. The average molecular weight is 530 g/mol. The Morgan fingerprint density at radius 1 is 1.03 bits per heavy atom. The predicted molar refractivity (Wildman–Crippen MR) is 144 cm³/mol. The fourth-order valence-electron chi connectivity index (χ4n) is 4.15. The van der Waals surface area contributed by atoms with Crippen LogP contribution in [-0.4, -0.2) is 50.1 Å². The molecule has 0 radical (unpaired) electrons. The van der Waals surface area contributed by atoms with Gasteiger partial charge in [0, 0.05) is 24.2 Å². The Bertz CT molecular complexity index is 1330. The summed E-state index contributed by atoms with van der Waals surface area (Å²) in [6.07, 6.45) is 0. The summed E-state index contributed by atoms with van der Waals surface area (Å²) in [5, 5.41) is 1.18. The first-order valence-electron chi connectivity index (χ1n) is 10.9. The zero-order valence-electron chi connectivity index (χ0n) is 19.5. The van der Waals surface area contributed by atoms with E-state index < -0.39 is 5.92 Å². The summed E-state index contributed by atoms with van der Waals surface area (Å²) in [5.74, 6) is 1.46. The number of hydrogen-bond donors (Lipinski definition) is 0. The molecule has 1 amide bonds. The van der Waals surface area contributed by atoms with Crippen molar-refractivity contribution in [2.75, 3.05) is 39.2 Å². The molecular formula is C26H25Cl2N3O3S. The topological polar surface area (TPSA) is 54.9 Å². The molecule has 0 saturated heterocycles. The van der Waals surface area contributed by atoms with E-state index in [0.29, 0.717) is 46.0 Å². The maximum Gasteiger partial charge on any atom is 0.241 e. The number of rotatable bonds is 6. The summed E-state index contributed by atoms with van der Waals surface area (Å²) in [7, 11) is 5.58. The second-order valence-electron chi connectivity index (χ2n) is 8.33. The second kappa shape index (κ2) is 10.4. The minimum Gasteiger partial charge on any atom is -0.494 e. The number of likely N-dealkylation sites (N-methyl/N-ethyl adjacent to an activating group) is 1. The number of carbonyl (C=O) groups is 1. The van der Waals surface area contributed by atoms with Crippen LogP contribution in [0, 0.1) is 0 Å². The zero-order chi connectivity index (χ0) is 23.8. The lowest BCUT2D eigenvalue weighted by Gasteiger charge is -2.31. The number of anilines is 1. The van der Waals surface area contributed by atoms with Crippen molar-refractivity contribution in [3.8, 4) is 17.2 Å². The third-order valence-electron chi connectivity index (χ3n) is 5.86. The number of benzene rings is 3. The molecule has 0 aliphatic carbocycles. The highest BCUT2D eigenvalue weighted by atomic mass is 35.5. The van der Waals surface area contributed by atoms with E-state index in [1.54, 1.807) is 24.1 Å². The van der Waals surface area contributed by atoms with Gasteiger partial charge < -0.3 is 14.4 Å². The van der Waals surface area contributed by atoms with E-state index in [9.17, 15) is 4.79 Å². The van der Waals surface area contributed by atoms with Crippen LogP contribution >= 0.6 is 35.3 Å². The second-order valence-corrected chi connectivity index (χ2v) is 9.71. The van der Waals surface area contributed by atoms with Gasteiger partial charge in [-0.25, -0.2) is 4.98 Å². The molecule has 4 aromatic rings. The van der Waals surface area contributed by atoms with E-state index in [1.807, 2.05) is 67.5 Å². The Balaban J connectivity index is 0.00000289. The van der Waals surface area contributed by atoms with E-state index in [2.05, 4.69) is 0 Å². The van der Waals surface area contributed by atoms with Crippen molar-refractivity contribution in [1.82, 2.24) is 9.88 Å². The van der Waals surface area contributed by atoms with Crippen LogP contribution in [0.5, 0.6) is 17.2 Å². The van der Waals surface area contributed by atoms with E-state index in [-0.39, 0.29) is 18.3 Å². The summed E-state index contributed by atoms with van der Waals surface area (Å²) in [5.41, 5.74) is 2.35. The van der Waals surface area contributed by atoms with Gasteiger partial charge in [0.05, 0.1) is 22.8 Å². The molecule has 182 valence electrons. The molecule has 0 bridgehead atoms. The molecule has 0 spiro atoms. The monoisotopic (exact) mass is 529 g/mol. The minimum absolute atomic E-state index is 0. The summed E-state index contributed by atoms with van der Waals surface area (Å²) in [4.78, 5) is 22.9. The quantitative estimate of drug-likeness (QED) is 0.297. The fourth-order valence-corrected chi connectivity index (χ4v) is 5.44.